The first-order valence-corrected chi connectivity index (χ1v) is 12.3. The van der Waals surface area contributed by atoms with Gasteiger partial charge in [0.25, 0.3) is 0 Å². The lowest BCUT2D eigenvalue weighted by molar-refractivity contribution is -0.196. The van der Waals surface area contributed by atoms with Crippen LogP contribution in [0.4, 0.5) is 0 Å². The standard InChI is InChI=1S/C28H33NO8/c1-7-11-29(12-8-2)14-16-21-24(33)23(32)20-17-9-10-19(31)27(17,4)13-18(36-15(3)30)22(20)28(21,5)26(35-6)37-25(16)34/h7-8,14,17-18,26,33H,1-2,9-13H2,3-6H3/b16-14+/t17-,18+,26-,27?,28?/m0/s1. The number of rotatable bonds is 7. The summed E-state index contributed by atoms with van der Waals surface area (Å²) in [5.74, 6) is -3.14. The normalized spacial score (nSPS) is 34.0. The molecule has 9 heteroatoms. The Morgan fingerprint density at radius 3 is 2.43 bits per heavy atom. The monoisotopic (exact) mass is 511 g/mol. The molecule has 2 unspecified atom stereocenters. The molecule has 1 saturated carbocycles. The zero-order valence-electron chi connectivity index (χ0n) is 21.7. The van der Waals surface area contributed by atoms with Crippen molar-refractivity contribution in [1.29, 1.82) is 0 Å². The van der Waals surface area contributed by atoms with Crippen LogP contribution in [0.15, 0.2) is 59.6 Å². The van der Waals surface area contributed by atoms with Gasteiger partial charge in [-0.2, -0.15) is 0 Å². The van der Waals surface area contributed by atoms with E-state index in [0.29, 0.717) is 25.1 Å². The number of carbonyl (C=O) groups excluding carboxylic acids is 4. The number of nitrogens with zero attached hydrogens (tertiary/aromatic N) is 1. The summed E-state index contributed by atoms with van der Waals surface area (Å²) in [6, 6.07) is 0. The van der Waals surface area contributed by atoms with E-state index in [-0.39, 0.29) is 35.3 Å². The van der Waals surface area contributed by atoms with Crippen LogP contribution in [0.25, 0.3) is 0 Å². The molecule has 0 amide bonds. The molecule has 37 heavy (non-hydrogen) atoms. The number of cyclic esters (lactones) is 1. The average molecular weight is 512 g/mol. The molecule has 0 radical (unpaired) electrons. The molecular formula is C28H33NO8. The van der Waals surface area contributed by atoms with Crippen molar-refractivity contribution in [1.82, 2.24) is 4.90 Å². The Bertz CT molecular complexity index is 1180. The third kappa shape index (κ3) is 3.87. The number of hydrogen-bond donors (Lipinski definition) is 1. The summed E-state index contributed by atoms with van der Waals surface area (Å²) in [5.41, 5.74) is -1.63. The predicted octanol–water partition coefficient (Wildman–Crippen LogP) is 3.09. The lowest BCUT2D eigenvalue weighted by atomic mass is 9.54. The highest BCUT2D eigenvalue weighted by atomic mass is 16.7. The van der Waals surface area contributed by atoms with E-state index in [1.807, 2.05) is 0 Å². The average Bonchev–Trinajstić information content (AvgIpc) is 3.12. The molecule has 0 aromatic heterocycles. The van der Waals surface area contributed by atoms with Gasteiger partial charge in [0.15, 0.2) is 5.76 Å². The topological polar surface area (TPSA) is 119 Å². The first-order chi connectivity index (χ1) is 17.4. The molecule has 0 spiro atoms. The molecule has 1 saturated heterocycles. The maximum atomic E-state index is 13.9. The molecule has 5 atom stereocenters. The van der Waals surface area contributed by atoms with E-state index in [2.05, 4.69) is 13.2 Å². The van der Waals surface area contributed by atoms with Crippen LogP contribution >= 0.6 is 0 Å². The number of ether oxygens (including phenoxy) is 3. The summed E-state index contributed by atoms with van der Waals surface area (Å²) >= 11 is 0. The van der Waals surface area contributed by atoms with E-state index < -0.39 is 52.6 Å². The molecule has 2 fully saturated rings. The first-order valence-electron chi connectivity index (χ1n) is 12.3. The van der Waals surface area contributed by atoms with Crippen LogP contribution in [-0.2, 0) is 33.4 Å². The second-order valence-corrected chi connectivity index (χ2v) is 10.4. The van der Waals surface area contributed by atoms with Gasteiger partial charge in [0, 0.05) is 68.6 Å². The zero-order chi connectivity index (χ0) is 27.3. The van der Waals surface area contributed by atoms with Crippen molar-refractivity contribution in [3.05, 3.63) is 59.6 Å². The molecule has 1 N–H and O–H groups in total. The first kappa shape index (κ1) is 26.6. The van der Waals surface area contributed by atoms with Crippen molar-refractivity contribution in [3.8, 4) is 0 Å². The number of aliphatic hydroxyl groups is 1. The Morgan fingerprint density at radius 1 is 1.22 bits per heavy atom. The lowest BCUT2D eigenvalue weighted by Gasteiger charge is -2.52. The quantitative estimate of drug-likeness (QED) is 0.312. The van der Waals surface area contributed by atoms with Gasteiger partial charge in [0.2, 0.25) is 12.1 Å². The number of aliphatic hydroxyl groups excluding tert-OH is 1. The van der Waals surface area contributed by atoms with Crippen LogP contribution < -0.4 is 0 Å². The Kier molecular flexibility index (Phi) is 6.79. The van der Waals surface area contributed by atoms with Gasteiger partial charge in [-0.05, 0) is 18.9 Å². The number of fused-ring (bicyclic) bond motifs is 4. The molecular weight excluding hydrogens is 478 g/mol. The van der Waals surface area contributed by atoms with E-state index in [9.17, 15) is 24.3 Å². The molecule has 1 aliphatic heterocycles. The number of ketones is 2. The minimum Gasteiger partial charge on any atom is -0.504 e. The molecule has 0 bridgehead atoms. The SMILES string of the molecule is C=CCN(/C=C1/C(=O)O[C@H](OC)C2(C)C1=C(O)C(=O)C1=C2[C@H](OC(C)=O)CC2(C)C(=O)CC[C@@H]12)CC=C. The van der Waals surface area contributed by atoms with Crippen molar-refractivity contribution in [2.24, 2.45) is 16.7 Å². The maximum absolute atomic E-state index is 13.9. The Labute approximate surface area is 216 Å². The summed E-state index contributed by atoms with van der Waals surface area (Å²) in [6.07, 6.45) is 3.49. The highest BCUT2D eigenvalue weighted by Gasteiger charge is 2.65. The van der Waals surface area contributed by atoms with Gasteiger partial charge >= 0.3 is 11.9 Å². The lowest BCUT2D eigenvalue weighted by Crippen LogP contribution is -2.56. The molecule has 198 valence electrons. The van der Waals surface area contributed by atoms with E-state index in [1.54, 1.807) is 30.9 Å². The van der Waals surface area contributed by atoms with E-state index in [4.69, 9.17) is 14.2 Å². The maximum Gasteiger partial charge on any atom is 0.342 e. The number of methoxy groups -OCH3 is 1. The summed E-state index contributed by atoms with van der Waals surface area (Å²) < 4.78 is 17.1. The Hall–Kier alpha value is -3.46. The van der Waals surface area contributed by atoms with Crippen molar-refractivity contribution in [3.63, 3.8) is 0 Å². The van der Waals surface area contributed by atoms with Gasteiger partial charge in [-0.1, -0.05) is 19.1 Å². The Morgan fingerprint density at radius 2 is 1.86 bits per heavy atom. The number of allylic oxidation sites excluding steroid dienone is 1. The third-order valence-corrected chi connectivity index (χ3v) is 8.15. The molecule has 1 heterocycles. The molecule has 0 aromatic carbocycles. The number of Topliss-reactive ketones (excluding diaryl/α,β-unsaturated/α-hetero) is 2. The summed E-state index contributed by atoms with van der Waals surface area (Å²) in [4.78, 5) is 54.0. The largest absolute Gasteiger partial charge is 0.504 e. The van der Waals surface area contributed by atoms with Gasteiger partial charge in [-0.15, -0.1) is 13.2 Å². The van der Waals surface area contributed by atoms with Crippen molar-refractivity contribution < 1.29 is 38.5 Å². The summed E-state index contributed by atoms with van der Waals surface area (Å²) in [7, 11) is 1.36. The number of esters is 2. The molecule has 4 rings (SSSR count). The highest BCUT2D eigenvalue weighted by Crippen LogP contribution is 2.62. The van der Waals surface area contributed by atoms with Gasteiger partial charge in [-0.25, -0.2) is 4.79 Å². The highest BCUT2D eigenvalue weighted by molar-refractivity contribution is 6.14. The third-order valence-electron chi connectivity index (χ3n) is 8.15. The summed E-state index contributed by atoms with van der Waals surface area (Å²) in [6.45, 7) is 12.9. The fourth-order valence-electron chi connectivity index (χ4n) is 6.59. The number of carbonyl (C=O) groups is 4. The number of hydrogen-bond acceptors (Lipinski definition) is 9. The molecule has 9 nitrogen and oxygen atoms in total. The van der Waals surface area contributed by atoms with E-state index in [1.165, 1.54) is 20.2 Å². The van der Waals surface area contributed by atoms with Crippen LogP contribution in [0.3, 0.4) is 0 Å². The van der Waals surface area contributed by atoms with Crippen LogP contribution in [0, 0.1) is 16.7 Å². The van der Waals surface area contributed by atoms with Gasteiger partial charge < -0.3 is 24.2 Å². The smallest absolute Gasteiger partial charge is 0.342 e. The molecule has 3 aliphatic carbocycles. The minimum atomic E-state index is -1.37. The summed E-state index contributed by atoms with van der Waals surface area (Å²) in [5, 5.41) is 11.4. The van der Waals surface area contributed by atoms with Gasteiger partial charge in [-0.3, -0.25) is 14.4 Å². The van der Waals surface area contributed by atoms with E-state index in [0.717, 1.165) is 0 Å². The second-order valence-electron chi connectivity index (χ2n) is 10.4. The van der Waals surface area contributed by atoms with E-state index >= 15 is 0 Å². The fraction of sp³-hybridized carbons (Fsp3) is 0.500. The van der Waals surface area contributed by atoms with Crippen LogP contribution in [0.1, 0.15) is 40.0 Å². The van der Waals surface area contributed by atoms with Gasteiger partial charge in [0.1, 0.15) is 11.9 Å². The van der Waals surface area contributed by atoms with Crippen LogP contribution in [0.5, 0.6) is 0 Å². The molecule has 0 aromatic rings. The second kappa shape index (κ2) is 9.45. The molecule has 4 aliphatic rings. The minimum absolute atomic E-state index is 0.0168. The predicted molar refractivity (Wildman–Crippen MR) is 133 cm³/mol. The fourth-order valence-corrected chi connectivity index (χ4v) is 6.59. The van der Waals surface area contributed by atoms with Crippen molar-refractivity contribution >= 4 is 23.5 Å². The van der Waals surface area contributed by atoms with Crippen LogP contribution in [-0.4, -0.2) is 66.1 Å². The zero-order valence-corrected chi connectivity index (χ0v) is 21.7. The van der Waals surface area contributed by atoms with Gasteiger partial charge in [0.05, 0.1) is 11.0 Å². The Balaban J connectivity index is 2.01. The van der Waals surface area contributed by atoms with Crippen molar-refractivity contribution in [2.75, 3.05) is 20.2 Å². The van der Waals surface area contributed by atoms with Crippen molar-refractivity contribution in [2.45, 2.75) is 52.4 Å². The van der Waals surface area contributed by atoms with Crippen LogP contribution in [0.2, 0.25) is 0 Å².